The monoisotopic (exact) mass is 299 g/mol. The second-order valence-corrected chi connectivity index (χ2v) is 6.18. The Balaban J connectivity index is 2.00. The lowest BCUT2D eigenvalue weighted by molar-refractivity contribution is -0.121. The molecule has 2 nitrogen and oxygen atoms in total. The van der Waals surface area contributed by atoms with E-state index < -0.39 is 0 Å². The van der Waals surface area contributed by atoms with Gasteiger partial charge in [0.15, 0.2) is 0 Å². The summed E-state index contributed by atoms with van der Waals surface area (Å²) in [6.07, 6.45) is 0.259. The van der Waals surface area contributed by atoms with Gasteiger partial charge in [-0.05, 0) is 30.2 Å². The van der Waals surface area contributed by atoms with E-state index in [1.165, 1.54) is 17.7 Å². The summed E-state index contributed by atoms with van der Waals surface area (Å²) in [4.78, 5) is 12.2. The van der Waals surface area contributed by atoms with Gasteiger partial charge in [0.1, 0.15) is 5.82 Å². The Morgan fingerprint density at radius 2 is 1.68 bits per heavy atom. The molecule has 0 aromatic heterocycles. The minimum absolute atomic E-state index is 0.0113. The molecular weight excluding hydrogens is 277 g/mol. The molecule has 1 amide bonds. The normalized spacial score (nSPS) is 12.7. The average molecular weight is 299 g/mol. The highest BCUT2D eigenvalue weighted by atomic mass is 19.1. The fraction of sp³-hybridized carbons (Fsp3) is 0.316. The van der Waals surface area contributed by atoms with Crippen molar-refractivity contribution in [3.63, 3.8) is 0 Å². The fourth-order valence-electron chi connectivity index (χ4n) is 2.38. The van der Waals surface area contributed by atoms with Crippen molar-refractivity contribution in [3.05, 3.63) is 71.5 Å². The molecule has 116 valence electrons. The van der Waals surface area contributed by atoms with Gasteiger partial charge in [0, 0.05) is 11.5 Å². The largest absolute Gasteiger partial charge is 0.352 e. The van der Waals surface area contributed by atoms with E-state index in [0.29, 0.717) is 0 Å². The van der Waals surface area contributed by atoms with Gasteiger partial charge < -0.3 is 5.32 Å². The molecule has 22 heavy (non-hydrogen) atoms. The minimum atomic E-state index is -0.289. The molecule has 0 unspecified atom stereocenters. The molecule has 0 heterocycles. The lowest BCUT2D eigenvalue weighted by atomic mass is 9.78. The molecule has 0 spiro atoms. The third-order valence-electron chi connectivity index (χ3n) is 4.26. The topological polar surface area (TPSA) is 29.1 Å². The second-order valence-electron chi connectivity index (χ2n) is 6.18. The fourth-order valence-corrected chi connectivity index (χ4v) is 2.38. The summed E-state index contributed by atoms with van der Waals surface area (Å²) >= 11 is 0. The van der Waals surface area contributed by atoms with E-state index in [0.717, 1.165) is 5.56 Å². The van der Waals surface area contributed by atoms with Crippen LogP contribution in [0.4, 0.5) is 4.39 Å². The number of amides is 1. The van der Waals surface area contributed by atoms with Crippen molar-refractivity contribution < 1.29 is 9.18 Å². The second kappa shape index (κ2) is 6.73. The number of hydrogen-bond donors (Lipinski definition) is 1. The van der Waals surface area contributed by atoms with Crippen molar-refractivity contribution in [2.45, 2.75) is 38.6 Å². The van der Waals surface area contributed by atoms with Gasteiger partial charge in [-0.2, -0.15) is 0 Å². The third kappa shape index (κ3) is 3.94. The molecule has 3 heteroatoms. The van der Waals surface area contributed by atoms with Gasteiger partial charge in [0.25, 0.3) is 0 Å². The smallest absolute Gasteiger partial charge is 0.224 e. The predicted octanol–water partition coefficient (Wildman–Crippen LogP) is 3.85. The molecule has 0 aliphatic heterocycles. The van der Waals surface area contributed by atoms with E-state index in [4.69, 9.17) is 0 Å². The van der Waals surface area contributed by atoms with E-state index in [9.17, 15) is 9.18 Å². The highest BCUT2D eigenvalue weighted by Crippen LogP contribution is 2.26. The van der Waals surface area contributed by atoms with Crippen molar-refractivity contribution in [3.8, 4) is 0 Å². The van der Waals surface area contributed by atoms with Crippen LogP contribution in [0.2, 0.25) is 0 Å². The van der Waals surface area contributed by atoms with Crippen LogP contribution >= 0.6 is 0 Å². The van der Waals surface area contributed by atoms with Gasteiger partial charge in [-0.15, -0.1) is 0 Å². The molecule has 1 N–H and O–H groups in total. The SMILES string of the molecule is C[C@@H](NC(=O)Cc1ccc(F)cc1)C(C)(C)c1ccccc1. The molecule has 0 saturated carbocycles. The van der Waals surface area contributed by atoms with E-state index in [1.807, 2.05) is 25.1 Å². The summed E-state index contributed by atoms with van der Waals surface area (Å²) in [5.74, 6) is -0.342. The molecule has 0 fully saturated rings. The van der Waals surface area contributed by atoms with Crippen LogP contribution in [0.15, 0.2) is 54.6 Å². The quantitative estimate of drug-likeness (QED) is 0.892. The summed E-state index contributed by atoms with van der Waals surface area (Å²) in [6, 6.07) is 16.2. The zero-order valence-electron chi connectivity index (χ0n) is 13.3. The lowest BCUT2D eigenvalue weighted by Crippen LogP contribution is -2.45. The van der Waals surface area contributed by atoms with Crippen LogP contribution in [0.3, 0.4) is 0 Å². The third-order valence-corrected chi connectivity index (χ3v) is 4.26. The number of benzene rings is 2. The van der Waals surface area contributed by atoms with Crippen molar-refractivity contribution in [1.82, 2.24) is 5.32 Å². The van der Waals surface area contributed by atoms with Gasteiger partial charge in [-0.1, -0.05) is 56.3 Å². The van der Waals surface area contributed by atoms with E-state index in [1.54, 1.807) is 12.1 Å². The molecule has 0 radical (unpaired) electrons. The van der Waals surface area contributed by atoms with Crippen molar-refractivity contribution >= 4 is 5.91 Å². The first-order valence-corrected chi connectivity index (χ1v) is 7.49. The summed E-state index contributed by atoms with van der Waals surface area (Å²) in [6.45, 7) is 6.24. The maximum Gasteiger partial charge on any atom is 0.224 e. The number of rotatable bonds is 5. The number of nitrogens with one attached hydrogen (secondary N) is 1. The minimum Gasteiger partial charge on any atom is -0.352 e. The summed E-state index contributed by atoms with van der Waals surface area (Å²) in [7, 11) is 0. The average Bonchev–Trinajstić information content (AvgIpc) is 2.50. The number of halogens is 1. The Kier molecular flexibility index (Phi) is 4.96. The molecule has 1 atom stereocenters. The van der Waals surface area contributed by atoms with E-state index in [2.05, 4.69) is 31.3 Å². The Labute approximate surface area is 131 Å². The van der Waals surface area contributed by atoms with Crippen LogP contribution in [0.25, 0.3) is 0 Å². The van der Waals surface area contributed by atoms with Crippen molar-refractivity contribution in [1.29, 1.82) is 0 Å². The highest BCUT2D eigenvalue weighted by molar-refractivity contribution is 5.79. The molecule has 0 aliphatic rings. The number of hydrogen-bond acceptors (Lipinski definition) is 1. The van der Waals surface area contributed by atoms with Crippen LogP contribution in [-0.4, -0.2) is 11.9 Å². The number of carbonyl (C=O) groups is 1. The Bertz CT molecular complexity index is 620. The molecule has 2 aromatic rings. The van der Waals surface area contributed by atoms with Crippen LogP contribution in [0, 0.1) is 5.82 Å². The Hall–Kier alpha value is -2.16. The van der Waals surface area contributed by atoms with Crippen LogP contribution in [0.5, 0.6) is 0 Å². The Morgan fingerprint density at radius 1 is 1.09 bits per heavy atom. The zero-order chi connectivity index (χ0) is 16.2. The first-order chi connectivity index (χ1) is 10.4. The van der Waals surface area contributed by atoms with Crippen molar-refractivity contribution in [2.24, 2.45) is 0 Å². The lowest BCUT2D eigenvalue weighted by Gasteiger charge is -2.33. The summed E-state index contributed by atoms with van der Waals surface area (Å²) in [5.41, 5.74) is 1.83. The van der Waals surface area contributed by atoms with Gasteiger partial charge in [-0.25, -0.2) is 4.39 Å². The number of carbonyl (C=O) groups excluding carboxylic acids is 1. The first kappa shape index (κ1) is 16.2. The van der Waals surface area contributed by atoms with E-state index in [-0.39, 0.29) is 29.6 Å². The maximum atomic E-state index is 12.9. The predicted molar refractivity (Wildman–Crippen MR) is 87.2 cm³/mol. The van der Waals surface area contributed by atoms with Crippen LogP contribution in [0.1, 0.15) is 31.9 Å². The molecule has 0 bridgehead atoms. The molecular formula is C19H22FNO. The van der Waals surface area contributed by atoms with Crippen LogP contribution in [-0.2, 0) is 16.6 Å². The van der Waals surface area contributed by atoms with E-state index >= 15 is 0 Å². The molecule has 0 saturated heterocycles. The zero-order valence-corrected chi connectivity index (χ0v) is 13.3. The van der Waals surface area contributed by atoms with Gasteiger partial charge in [0.2, 0.25) is 5.91 Å². The summed E-state index contributed by atoms with van der Waals surface area (Å²) in [5, 5.41) is 3.05. The Morgan fingerprint density at radius 3 is 2.27 bits per heavy atom. The van der Waals surface area contributed by atoms with Gasteiger partial charge in [0.05, 0.1) is 6.42 Å². The molecule has 0 aliphatic carbocycles. The standard InChI is InChI=1S/C19H22FNO/c1-14(19(2,3)16-7-5-4-6-8-16)21-18(22)13-15-9-11-17(20)12-10-15/h4-12,14H,13H2,1-3H3,(H,21,22)/t14-/m1/s1. The molecule has 2 aromatic carbocycles. The van der Waals surface area contributed by atoms with Crippen LogP contribution < -0.4 is 5.32 Å². The maximum absolute atomic E-state index is 12.9. The van der Waals surface area contributed by atoms with Crippen molar-refractivity contribution in [2.75, 3.05) is 0 Å². The van der Waals surface area contributed by atoms with Gasteiger partial charge in [-0.3, -0.25) is 4.79 Å². The van der Waals surface area contributed by atoms with Gasteiger partial charge >= 0.3 is 0 Å². The first-order valence-electron chi connectivity index (χ1n) is 7.49. The highest BCUT2D eigenvalue weighted by Gasteiger charge is 2.28. The molecule has 2 rings (SSSR count). The summed E-state index contributed by atoms with van der Waals surface area (Å²) < 4.78 is 12.9.